The molecule has 1 unspecified atom stereocenters. The van der Waals surface area contributed by atoms with Crippen LogP contribution in [0.2, 0.25) is 0 Å². The van der Waals surface area contributed by atoms with Crippen molar-refractivity contribution in [1.82, 2.24) is 14.9 Å². The van der Waals surface area contributed by atoms with E-state index in [1.807, 2.05) is 19.1 Å². The number of amides is 1. The van der Waals surface area contributed by atoms with E-state index in [1.54, 1.807) is 36.7 Å². The Balaban J connectivity index is 1.56. The molecule has 1 saturated heterocycles. The Morgan fingerprint density at radius 2 is 1.76 bits per heavy atom. The fourth-order valence-corrected chi connectivity index (χ4v) is 6.19. The van der Waals surface area contributed by atoms with Crippen molar-refractivity contribution in [3.8, 4) is 28.0 Å². The molecule has 0 N–H and O–H groups in total. The summed E-state index contributed by atoms with van der Waals surface area (Å²) in [7, 11) is 2.77. The van der Waals surface area contributed by atoms with Crippen molar-refractivity contribution in [2.24, 2.45) is 0 Å². The molecule has 5 rings (SSSR count). The Hall–Kier alpha value is -4.79. The summed E-state index contributed by atoms with van der Waals surface area (Å²) in [5, 5.41) is 0.357. The highest BCUT2D eigenvalue weighted by Gasteiger charge is 2.62. The zero-order valence-corrected chi connectivity index (χ0v) is 28.1. The van der Waals surface area contributed by atoms with Crippen molar-refractivity contribution in [2.45, 2.75) is 55.5 Å². The number of alkyl halides is 6. The Labute approximate surface area is 287 Å². The quantitative estimate of drug-likeness (QED) is 0.0677. The number of esters is 1. The summed E-state index contributed by atoms with van der Waals surface area (Å²) < 4.78 is 97.9. The second-order valence-corrected chi connectivity index (χ2v) is 12.3. The number of aromatic nitrogens is 2. The van der Waals surface area contributed by atoms with E-state index < -0.39 is 47.2 Å². The number of nitrogens with zero attached hydrogens (tertiary/aromatic N) is 3. The van der Waals surface area contributed by atoms with Gasteiger partial charge in [0.15, 0.2) is 5.16 Å². The van der Waals surface area contributed by atoms with Crippen LogP contribution in [0.4, 0.5) is 31.1 Å². The number of ether oxygens (including phenoxy) is 3. The molecule has 15 heteroatoms. The van der Waals surface area contributed by atoms with Crippen molar-refractivity contribution in [3.63, 3.8) is 0 Å². The van der Waals surface area contributed by atoms with Gasteiger partial charge in [0.1, 0.15) is 11.9 Å². The normalized spacial score (nSPS) is 17.5. The number of carbonyl (C=O) groups is 2. The number of halogens is 6. The molecule has 8 nitrogen and oxygen atoms in total. The maximum Gasteiger partial charge on any atom is 0.416 e. The molecule has 264 valence electrons. The zero-order valence-electron chi connectivity index (χ0n) is 27.2. The molecule has 0 bridgehead atoms. The largest absolute Gasteiger partial charge is 0.496 e. The fraction of sp³-hybridized carbons (Fsp3) is 0.314. The van der Waals surface area contributed by atoms with Crippen molar-refractivity contribution in [2.75, 3.05) is 20.5 Å². The zero-order chi connectivity index (χ0) is 36.6. The number of carbonyl (C=O) groups excluding carboxylic acids is 2. The predicted octanol–water partition coefficient (Wildman–Crippen LogP) is 8.65. The molecule has 1 aliphatic heterocycles. The van der Waals surface area contributed by atoms with Gasteiger partial charge in [-0.15, -0.1) is 0 Å². The highest BCUT2D eigenvalue weighted by atomic mass is 32.2. The third-order valence-corrected chi connectivity index (χ3v) is 9.14. The maximum absolute atomic E-state index is 14.0. The third kappa shape index (κ3) is 7.23. The maximum atomic E-state index is 14.0. The van der Waals surface area contributed by atoms with Gasteiger partial charge in [0.05, 0.1) is 48.7 Å². The molecule has 2 aliphatic rings. The van der Waals surface area contributed by atoms with E-state index in [1.165, 1.54) is 30.9 Å². The average Bonchev–Trinajstić information content (AvgIpc) is 3.83. The van der Waals surface area contributed by atoms with E-state index in [9.17, 15) is 35.9 Å². The Morgan fingerprint density at radius 1 is 1.06 bits per heavy atom. The van der Waals surface area contributed by atoms with E-state index in [0.717, 1.165) is 16.7 Å². The van der Waals surface area contributed by atoms with Crippen LogP contribution in [0.5, 0.6) is 5.75 Å². The van der Waals surface area contributed by atoms with E-state index >= 15 is 0 Å². The molecular formula is C35H31F6N3O5S. The van der Waals surface area contributed by atoms with Gasteiger partial charge in [0.25, 0.3) is 0 Å². The molecule has 1 aliphatic carbocycles. The minimum Gasteiger partial charge on any atom is -0.496 e. The minimum atomic E-state index is -5.18. The number of methoxy groups -OCH3 is 2. The topological polar surface area (TPSA) is 90.9 Å². The lowest BCUT2D eigenvalue weighted by atomic mass is 9.94. The number of thioether (sulfide) groups is 1. The standard InChI is InChI=1S/C35H31F6N3O5S/c1-6-22(34(36,37)38)15-23(35(39,40)41)16-29-33(11-12-33)44(32(46)49-29)18-27-26(17-42-31(43-27)50-5)25-14-20(8-10-28(25)47-3)24-9-7-21(13-19(24)2)30(45)48-4/h6-10,13-17,29H,1,11-12,18H2,2-5H3/b22-15+,23-16+. The Morgan fingerprint density at radius 3 is 2.32 bits per heavy atom. The molecule has 0 radical (unpaired) electrons. The summed E-state index contributed by atoms with van der Waals surface area (Å²) in [5.74, 6) is -0.0409. The summed E-state index contributed by atoms with van der Waals surface area (Å²) >= 11 is 1.23. The number of cyclic esters (lactones) is 1. The molecule has 2 aromatic carbocycles. The first-order valence-corrected chi connectivity index (χ1v) is 16.2. The van der Waals surface area contributed by atoms with Crippen LogP contribution < -0.4 is 4.74 Å². The second kappa shape index (κ2) is 13.8. The number of allylic oxidation sites excluding steroid dienone is 4. The van der Waals surface area contributed by atoms with Gasteiger partial charge >= 0.3 is 24.4 Å². The highest BCUT2D eigenvalue weighted by Crippen LogP contribution is 2.52. The monoisotopic (exact) mass is 719 g/mol. The van der Waals surface area contributed by atoms with Gasteiger partial charge in [0, 0.05) is 17.3 Å². The fourth-order valence-electron chi connectivity index (χ4n) is 5.83. The molecule has 1 spiro atoms. The lowest BCUT2D eigenvalue weighted by Gasteiger charge is -2.24. The van der Waals surface area contributed by atoms with Crippen LogP contribution in [0.3, 0.4) is 0 Å². The minimum absolute atomic E-state index is 0.0448. The van der Waals surface area contributed by atoms with Crippen LogP contribution in [-0.4, -0.2) is 71.4 Å². The molecule has 1 saturated carbocycles. The predicted molar refractivity (Wildman–Crippen MR) is 174 cm³/mol. The number of rotatable bonds is 10. The van der Waals surface area contributed by atoms with Crippen LogP contribution in [0.25, 0.3) is 22.3 Å². The number of hydrogen-bond acceptors (Lipinski definition) is 8. The highest BCUT2D eigenvalue weighted by molar-refractivity contribution is 7.98. The third-order valence-electron chi connectivity index (χ3n) is 8.58. The lowest BCUT2D eigenvalue weighted by molar-refractivity contribution is -0.0939. The van der Waals surface area contributed by atoms with E-state index in [0.29, 0.717) is 45.4 Å². The van der Waals surface area contributed by atoms with Crippen molar-refractivity contribution in [1.29, 1.82) is 0 Å². The first-order chi connectivity index (χ1) is 23.6. The summed E-state index contributed by atoms with van der Waals surface area (Å²) in [6.07, 6.45) is -8.11. The van der Waals surface area contributed by atoms with Gasteiger partial charge in [-0.1, -0.05) is 36.5 Å². The van der Waals surface area contributed by atoms with E-state index in [-0.39, 0.29) is 25.5 Å². The summed E-state index contributed by atoms with van der Waals surface area (Å²) in [6.45, 7) is 4.63. The molecule has 2 heterocycles. The molecule has 3 aromatic rings. The van der Waals surface area contributed by atoms with Gasteiger partial charge in [-0.05, 0) is 79.1 Å². The van der Waals surface area contributed by atoms with Crippen LogP contribution in [0.15, 0.2) is 83.7 Å². The van der Waals surface area contributed by atoms with E-state index in [2.05, 4.69) is 16.5 Å². The van der Waals surface area contributed by atoms with Gasteiger partial charge in [0.2, 0.25) is 0 Å². The Kier molecular flexibility index (Phi) is 10.1. The van der Waals surface area contributed by atoms with Crippen LogP contribution in [-0.2, 0) is 16.0 Å². The molecule has 1 atom stereocenters. The van der Waals surface area contributed by atoms with Crippen molar-refractivity contribution < 1.29 is 50.1 Å². The Bertz CT molecular complexity index is 1900. The molecule has 50 heavy (non-hydrogen) atoms. The second-order valence-electron chi connectivity index (χ2n) is 11.6. The summed E-state index contributed by atoms with van der Waals surface area (Å²) in [5.41, 5.74) is -0.357. The van der Waals surface area contributed by atoms with Crippen LogP contribution in [0, 0.1) is 6.92 Å². The first kappa shape index (κ1) is 36.5. The van der Waals surface area contributed by atoms with Crippen molar-refractivity contribution >= 4 is 23.8 Å². The van der Waals surface area contributed by atoms with Gasteiger partial charge in [-0.3, -0.25) is 4.90 Å². The molecular weight excluding hydrogens is 688 g/mol. The van der Waals surface area contributed by atoms with Gasteiger partial charge in [-0.25, -0.2) is 19.6 Å². The SMILES string of the molecule is C=C/C(=C\C(=C/C1OC(=O)N(Cc2nc(SC)ncc2-c2cc(-c3ccc(C(=O)OC)cc3C)ccc2OC)C12CC2)C(F)(F)F)C(F)(F)F. The lowest BCUT2D eigenvalue weighted by Crippen LogP contribution is -2.38. The molecule has 1 amide bonds. The van der Waals surface area contributed by atoms with Crippen molar-refractivity contribution in [3.05, 3.63) is 95.4 Å². The molecule has 2 fully saturated rings. The van der Waals surface area contributed by atoms with Gasteiger partial charge < -0.3 is 14.2 Å². The summed E-state index contributed by atoms with van der Waals surface area (Å²) in [4.78, 5) is 35.7. The number of hydrogen-bond donors (Lipinski definition) is 0. The van der Waals surface area contributed by atoms with Crippen LogP contribution in [0.1, 0.15) is 34.5 Å². The smallest absolute Gasteiger partial charge is 0.416 e. The molecule has 1 aromatic heterocycles. The first-order valence-electron chi connectivity index (χ1n) is 15.0. The average molecular weight is 720 g/mol. The number of aryl methyl sites for hydroxylation is 1. The van der Waals surface area contributed by atoms with E-state index in [4.69, 9.17) is 14.2 Å². The summed E-state index contributed by atoms with van der Waals surface area (Å²) in [6, 6.07) is 10.5. The number of benzene rings is 2. The van der Waals surface area contributed by atoms with Gasteiger partial charge in [-0.2, -0.15) is 26.3 Å². The van der Waals surface area contributed by atoms with Crippen LogP contribution >= 0.6 is 11.8 Å².